The monoisotopic (exact) mass is 309 g/mol. The quantitative estimate of drug-likeness (QED) is 0.709. The largest absolute Gasteiger partial charge is 0.339 e. The average Bonchev–Trinajstić information content (AvgIpc) is 2.82. The van der Waals surface area contributed by atoms with Crippen molar-refractivity contribution in [2.75, 3.05) is 23.4 Å². The first kappa shape index (κ1) is 12.4. The summed E-state index contributed by atoms with van der Waals surface area (Å²) in [5, 5.41) is 0.790. The van der Waals surface area contributed by atoms with Crippen molar-refractivity contribution in [1.29, 1.82) is 0 Å². The first-order chi connectivity index (χ1) is 7.53. The van der Waals surface area contributed by atoms with Crippen LogP contribution in [0.25, 0.3) is 0 Å². The first-order valence-corrected chi connectivity index (χ1v) is 8.54. The van der Waals surface area contributed by atoms with E-state index in [1.165, 1.54) is 0 Å². The smallest absolute Gasteiger partial charge is 0.227 e. The Morgan fingerprint density at radius 1 is 1.38 bits per heavy atom. The van der Waals surface area contributed by atoms with Gasteiger partial charge in [-0.05, 0) is 19.3 Å². The van der Waals surface area contributed by atoms with E-state index < -0.39 is 9.84 Å². The van der Waals surface area contributed by atoms with Crippen LogP contribution in [-0.4, -0.2) is 48.6 Å². The van der Waals surface area contributed by atoms with E-state index in [0.717, 1.165) is 24.7 Å². The Bertz CT molecular complexity index is 382. The lowest BCUT2D eigenvalue weighted by atomic mass is 10.1. The molecule has 0 radical (unpaired) electrons. The van der Waals surface area contributed by atoms with Gasteiger partial charge in [0.25, 0.3) is 0 Å². The second-order valence-corrected chi connectivity index (χ2v) is 7.46. The lowest BCUT2D eigenvalue weighted by molar-refractivity contribution is -0.135. The molecular formula is C10H16BrNO3S. The van der Waals surface area contributed by atoms with Crippen LogP contribution in [0.5, 0.6) is 0 Å². The molecule has 0 aromatic rings. The van der Waals surface area contributed by atoms with Crippen LogP contribution in [0.4, 0.5) is 0 Å². The van der Waals surface area contributed by atoms with E-state index in [1.807, 2.05) is 4.90 Å². The number of nitrogens with zero attached hydrogens (tertiary/aromatic N) is 1. The van der Waals surface area contributed by atoms with Crippen molar-refractivity contribution in [2.24, 2.45) is 5.92 Å². The van der Waals surface area contributed by atoms with Gasteiger partial charge in [0.2, 0.25) is 5.91 Å². The molecule has 0 aromatic heterocycles. The van der Waals surface area contributed by atoms with Crippen LogP contribution in [0.2, 0.25) is 0 Å². The maximum Gasteiger partial charge on any atom is 0.227 e. The van der Waals surface area contributed by atoms with Crippen LogP contribution in [0.1, 0.15) is 19.3 Å². The molecule has 0 aromatic carbocycles. The zero-order chi connectivity index (χ0) is 11.8. The Morgan fingerprint density at radius 2 is 2.12 bits per heavy atom. The summed E-state index contributed by atoms with van der Waals surface area (Å²) in [6.07, 6.45) is 2.56. The lowest BCUT2D eigenvalue weighted by Gasteiger charge is -2.25. The third-order valence-corrected chi connectivity index (χ3v) is 5.94. The molecule has 1 amide bonds. The predicted octanol–water partition coefficient (Wildman–Crippen LogP) is 0.807. The fraction of sp³-hybridized carbons (Fsp3) is 0.900. The Hall–Kier alpha value is -0.100. The second kappa shape index (κ2) is 4.64. The topological polar surface area (TPSA) is 54.5 Å². The summed E-state index contributed by atoms with van der Waals surface area (Å²) in [6, 6.07) is 0.260. The lowest BCUT2D eigenvalue weighted by Crippen LogP contribution is -2.40. The minimum absolute atomic E-state index is 0.0445. The number of halogens is 1. The van der Waals surface area contributed by atoms with E-state index in [-0.39, 0.29) is 29.4 Å². The molecule has 2 unspecified atom stereocenters. The average molecular weight is 310 g/mol. The first-order valence-electron chi connectivity index (χ1n) is 5.60. The fourth-order valence-corrected chi connectivity index (χ4v) is 4.92. The maximum absolute atomic E-state index is 12.1. The van der Waals surface area contributed by atoms with E-state index in [4.69, 9.17) is 0 Å². The maximum atomic E-state index is 12.1. The van der Waals surface area contributed by atoms with Crippen LogP contribution >= 0.6 is 15.9 Å². The van der Waals surface area contributed by atoms with Gasteiger partial charge in [-0.1, -0.05) is 15.9 Å². The highest BCUT2D eigenvalue weighted by molar-refractivity contribution is 9.09. The highest BCUT2D eigenvalue weighted by Crippen LogP contribution is 2.26. The number of alkyl halides is 1. The minimum atomic E-state index is -2.95. The molecule has 2 aliphatic rings. The Kier molecular flexibility index (Phi) is 3.59. The van der Waals surface area contributed by atoms with E-state index in [0.29, 0.717) is 6.42 Å². The van der Waals surface area contributed by atoms with Crippen LogP contribution < -0.4 is 0 Å². The molecule has 2 heterocycles. The van der Waals surface area contributed by atoms with Gasteiger partial charge in [-0.2, -0.15) is 0 Å². The summed E-state index contributed by atoms with van der Waals surface area (Å²) in [7, 11) is -2.95. The summed E-state index contributed by atoms with van der Waals surface area (Å²) in [5.41, 5.74) is 0. The van der Waals surface area contributed by atoms with Crippen molar-refractivity contribution >= 4 is 31.7 Å². The Morgan fingerprint density at radius 3 is 2.69 bits per heavy atom. The molecule has 2 aliphatic heterocycles. The Balaban J connectivity index is 2.03. The van der Waals surface area contributed by atoms with Gasteiger partial charge in [-0.25, -0.2) is 8.42 Å². The zero-order valence-corrected chi connectivity index (χ0v) is 11.5. The number of hydrogen-bond donors (Lipinski definition) is 0. The molecule has 92 valence electrons. The fourth-order valence-electron chi connectivity index (χ4n) is 2.51. The normalized spacial score (nSPS) is 33.2. The number of carbonyl (C=O) groups excluding carboxylic acids is 1. The van der Waals surface area contributed by atoms with Gasteiger partial charge in [0, 0.05) is 17.9 Å². The third kappa shape index (κ3) is 2.42. The molecule has 0 bridgehead atoms. The van der Waals surface area contributed by atoms with Gasteiger partial charge in [-0.3, -0.25) is 4.79 Å². The molecule has 0 spiro atoms. The van der Waals surface area contributed by atoms with Crippen LogP contribution in [0, 0.1) is 5.92 Å². The molecule has 2 fully saturated rings. The van der Waals surface area contributed by atoms with E-state index >= 15 is 0 Å². The molecule has 0 N–H and O–H groups in total. The van der Waals surface area contributed by atoms with Crippen LogP contribution in [-0.2, 0) is 14.6 Å². The van der Waals surface area contributed by atoms with Crippen molar-refractivity contribution in [2.45, 2.75) is 25.3 Å². The summed E-state index contributed by atoms with van der Waals surface area (Å²) >= 11 is 3.40. The van der Waals surface area contributed by atoms with Gasteiger partial charge in [0.1, 0.15) is 0 Å². The SMILES string of the molecule is O=C(C1CCS(=O)(=O)C1)N1CCCC1CBr. The molecule has 16 heavy (non-hydrogen) atoms. The molecule has 2 saturated heterocycles. The van der Waals surface area contributed by atoms with Gasteiger partial charge >= 0.3 is 0 Å². The molecule has 0 saturated carbocycles. The molecule has 2 atom stereocenters. The molecule has 2 rings (SSSR count). The predicted molar refractivity (Wildman–Crippen MR) is 65.3 cm³/mol. The van der Waals surface area contributed by atoms with Gasteiger partial charge in [0.05, 0.1) is 17.4 Å². The van der Waals surface area contributed by atoms with Crippen molar-refractivity contribution < 1.29 is 13.2 Å². The molecule has 4 nitrogen and oxygen atoms in total. The number of rotatable bonds is 2. The second-order valence-electron chi connectivity index (χ2n) is 4.58. The highest BCUT2D eigenvalue weighted by atomic mass is 79.9. The number of carbonyl (C=O) groups is 1. The minimum Gasteiger partial charge on any atom is -0.339 e. The van der Waals surface area contributed by atoms with Crippen LogP contribution in [0.3, 0.4) is 0 Å². The van der Waals surface area contributed by atoms with Crippen molar-refractivity contribution in [3.8, 4) is 0 Å². The van der Waals surface area contributed by atoms with Gasteiger partial charge in [0.15, 0.2) is 9.84 Å². The molecular weight excluding hydrogens is 294 g/mol. The van der Waals surface area contributed by atoms with Crippen LogP contribution in [0.15, 0.2) is 0 Å². The molecule has 6 heteroatoms. The third-order valence-electron chi connectivity index (χ3n) is 3.42. The van der Waals surface area contributed by atoms with Gasteiger partial charge < -0.3 is 4.90 Å². The number of likely N-dealkylation sites (tertiary alicyclic amines) is 1. The van der Waals surface area contributed by atoms with Gasteiger partial charge in [-0.15, -0.1) is 0 Å². The Labute approximate surface area is 104 Å². The standard InChI is InChI=1S/C10H16BrNO3S/c11-6-9-2-1-4-12(9)10(13)8-3-5-16(14,15)7-8/h8-9H,1-7H2. The van der Waals surface area contributed by atoms with E-state index in [1.54, 1.807) is 0 Å². The number of amides is 1. The van der Waals surface area contributed by atoms with E-state index in [2.05, 4.69) is 15.9 Å². The summed E-state index contributed by atoms with van der Waals surface area (Å²) < 4.78 is 22.7. The summed E-state index contributed by atoms with van der Waals surface area (Å²) in [5.74, 6) is -0.0132. The number of hydrogen-bond acceptors (Lipinski definition) is 3. The van der Waals surface area contributed by atoms with Crippen molar-refractivity contribution in [1.82, 2.24) is 4.90 Å². The summed E-state index contributed by atoms with van der Waals surface area (Å²) in [4.78, 5) is 14.0. The van der Waals surface area contributed by atoms with E-state index in [9.17, 15) is 13.2 Å². The summed E-state index contributed by atoms with van der Waals surface area (Å²) in [6.45, 7) is 0.783. The zero-order valence-electron chi connectivity index (χ0n) is 9.06. The van der Waals surface area contributed by atoms with Crippen molar-refractivity contribution in [3.63, 3.8) is 0 Å². The molecule has 0 aliphatic carbocycles. The van der Waals surface area contributed by atoms with Crippen molar-refractivity contribution in [3.05, 3.63) is 0 Å². The highest BCUT2D eigenvalue weighted by Gasteiger charge is 2.38. The number of sulfone groups is 1.